The van der Waals surface area contributed by atoms with E-state index in [0.29, 0.717) is 5.56 Å². The number of hydrogen-bond donors (Lipinski definition) is 1. The van der Waals surface area contributed by atoms with E-state index in [1.807, 2.05) is 30.3 Å². The second-order valence-corrected chi connectivity index (χ2v) is 5.59. The molecule has 0 bridgehead atoms. The van der Waals surface area contributed by atoms with Crippen LogP contribution in [0.5, 0.6) is 11.5 Å². The molecule has 0 unspecified atom stereocenters. The van der Waals surface area contributed by atoms with Crippen LogP contribution in [0.15, 0.2) is 47.4 Å². The van der Waals surface area contributed by atoms with Crippen molar-refractivity contribution in [1.82, 2.24) is 0 Å². The van der Waals surface area contributed by atoms with Gasteiger partial charge in [-0.1, -0.05) is 30.3 Å². The molecule has 20 heavy (non-hydrogen) atoms. The van der Waals surface area contributed by atoms with Crippen molar-refractivity contribution in [2.24, 2.45) is 5.14 Å². The summed E-state index contributed by atoms with van der Waals surface area (Å²) in [5.41, 5.74) is 1.47. The summed E-state index contributed by atoms with van der Waals surface area (Å²) in [7, 11) is -1.19. The van der Waals surface area contributed by atoms with E-state index in [0.717, 1.165) is 5.56 Å². The van der Waals surface area contributed by atoms with Crippen molar-refractivity contribution in [3.63, 3.8) is 0 Å². The van der Waals surface area contributed by atoms with Crippen LogP contribution in [0.4, 0.5) is 0 Å². The molecule has 106 valence electrons. The molecule has 0 aromatic heterocycles. The van der Waals surface area contributed by atoms with Crippen molar-refractivity contribution in [2.75, 3.05) is 14.2 Å². The summed E-state index contributed by atoms with van der Waals surface area (Å²) < 4.78 is 33.9. The molecule has 0 radical (unpaired) electrons. The van der Waals surface area contributed by atoms with Crippen LogP contribution in [-0.2, 0) is 10.0 Å². The van der Waals surface area contributed by atoms with Crippen LogP contribution in [0.2, 0.25) is 0 Å². The van der Waals surface area contributed by atoms with Gasteiger partial charge >= 0.3 is 0 Å². The van der Waals surface area contributed by atoms with E-state index in [9.17, 15) is 8.42 Å². The minimum absolute atomic E-state index is 0.149. The Labute approximate surface area is 118 Å². The zero-order valence-corrected chi connectivity index (χ0v) is 12.0. The third kappa shape index (κ3) is 2.61. The van der Waals surface area contributed by atoms with E-state index in [-0.39, 0.29) is 16.4 Å². The number of hydrogen-bond acceptors (Lipinski definition) is 4. The number of benzene rings is 2. The average molecular weight is 293 g/mol. The lowest BCUT2D eigenvalue weighted by atomic mass is 10.0. The van der Waals surface area contributed by atoms with Gasteiger partial charge in [0.05, 0.1) is 14.2 Å². The van der Waals surface area contributed by atoms with E-state index in [2.05, 4.69) is 0 Å². The van der Waals surface area contributed by atoms with E-state index in [1.54, 1.807) is 12.1 Å². The maximum atomic E-state index is 11.8. The fourth-order valence-corrected chi connectivity index (χ4v) is 2.91. The minimum Gasteiger partial charge on any atom is -0.495 e. The molecule has 0 amide bonds. The third-order valence-corrected chi connectivity index (χ3v) is 3.82. The second-order valence-electron chi connectivity index (χ2n) is 4.09. The van der Waals surface area contributed by atoms with Crippen LogP contribution in [-0.4, -0.2) is 22.6 Å². The van der Waals surface area contributed by atoms with Crippen molar-refractivity contribution in [1.29, 1.82) is 0 Å². The maximum absolute atomic E-state index is 11.8. The van der Waals surface area contributed by atoms with Gasteiger partial charge < -0.3 is 9.47 Å². The highest BCUT2D eigenvalue weighted by Gasteiger charge is 2.24. The Balaban J connectivity index is 2.80. The molecule has 0 heterocycles. The molecule has 2 N–H and O–H groups in total. The molecule has 2 aromatic rings. The normalized spacial score (nSPS) is 11.2. The van der Waals surface area contributed by atoms with Gasteiger partial charge in [0.25, 0.3) is 0 Å². The SMILES string of the molecule is COc1ccc(-c2ccccc2)c(OC)c1S(N)(=O)=O. The van der Waals surface area contributed by atoms with Gasteiger partial charge in [0.15, 0.2) is 10.6 Å². The molecule has 0 fully saturated rings. The number of sulfonamides is 1. The summed E-state index contributed by atoms with van der Waals surface area (Å²) in [5.74, 6) is 0.335. The zero-order valence-electron chi connectivity index (χ0n) is 11.2. The monoisotopic (exact) mass is 293 g/mol. The molecule has 0 saturated carbocycles. The first-order valence-corrected chi connectivity index (χ1v) is 7.37. The van der Waals surface area contributed by atoms with E-state index in [4.69, 9.17) is 14.6 Å². The van der Waals surface area contributed by atoms with Gasteiger partial charge in [-0.3, -0.25) is 0 Å². The summed E-state index contributed by atoms with van der Waals surface area (Å²) in [6.07, 6.45) is 0. The van der Waals surface area contributed by atoms with E-state index in [1.165, 1.54) is 14.2 Å². The van der Waals surface area contributed by atoms with Crippen molar-refractivity contribution >= 4 is 10.0 Å². The second kappa shape index (κ2) is 5.52. The Kier molecular flexibility index (Phi) is 3.96. The van der Waals surface area contributed by atoms with E-state index < -0.39 is 10.0 Å². The van der Waals surface area contributed by atoms with Crippen LogP contribution in [0.3, 0.4) is 0 Å². The molecule has 0 aliphatic rings. The highest BCUT2D eigenvalue weighted by molar-refractivity contribution is 7.89. The molecule has 0 atom stereocenters. The minimum atomic E-state index is -3.97. The van der Waals surface area contributed by atoms with Crippen molar-refractivity contribution in [3.05, 3.63) is 42.5 Å². The molecular weight excluding hydrogens is 278 g/mol. The Morgan fingerprint density at radius 1 is 0.950 bits per heavy atom. The van der Waals surface area contributed by atoms with Crippen molar-refractivity contribution < 1.29 is 17.9 Å². The van der Waals surface area contributed by atoms with Gasteiger partial charge in [-0.15, -0.1) is 0 Å². The maximum Gasteiger partial charge on any atom is 0.245 e. The highest BCUT2D eigenvalue weighted by atomic mass is 32.2. The smallest absolute Gasteiger partial charge is 0.245 e. The number of primary sulfonamides is 1. The fraction of sp³-hybridized carbons (Fsp3) is 0.143. The molecule has 0 spiro atoms. The van der Waals surface area contributed by atoms with Gasteiger partial charge in [0.2, 0.25) is 10.0 Å². The zero-order chi connectivity index (χ0) is 14.8. The molecular formula is C14H15NO4S. The van der Waals surface area contributed by atoms with Gasteiger partial charge in [-0.05, 0) is 17.7 Å². The van der Waals surface area contributed by atoms with Crippen LogP contribution in [0.25, 0.3) is 11.1 Å². The van der Waals surface area contributed by atoms with Crippen LogP contribution >= 0.6 is 0 Å². The predicted molar refractivity (Wildman–Crippen MR) is 76.4 cm³/mol. The lowest BCUT2D eigenvalue weighted by Crippen LogP contribution is -2.15. The summed E-state index contributed by atoms with van der Waals surface area (Å²) in [6.45, 7) is 0. The van der Waals surface area contributed by atoms with Gasteiger partial charge in [-0.2, -0.15) is 0 Å². The van der Waals surface area contributed by atoms with Crippen LogP contribution in [0.1, 0.15) is 0 Å². The van der Waals surface area contributed by atoms with Gasteiger partial charge in [0, 0.05) is 5.56 Å². The molecule has 0 aliphatic heterocycles. The third-order valence-electron chi connectivity index (χ3n) is 2.87. The highest BCUT2D eigenvalue weighted by Crippen LogP contribution is 2.40. The average Bonchev–Trinajstić information content (AvgIpc) is 2.45. The van der Waals surface area contributed by atoms with Crippen LogP contribution in [0, 0.1) is 0 Å². The molecule has 5 nitrogen and oxygen atoms in total. The Morgan fingerprint density at radius 3 is 2.10 bits per heavy atom. The Morgan fingerprint density at radius 2 is 1.60 bits per heavy atom. The lowest BCUT2D eigenvalue weighted by Gasteiger charge is -2.15. The van der Waals surface area contributed by atoms with Crippen molar-refractivity contribution in [2.45, 2.75) is 4.90 Å². The molecule has 0 aliphatic carbocycles. The predicted octanol–water partition coefficient (Wildman–Crippen LogP) is 2.02. The summed E-state index contributed by atoms with van der Waals surface area (Å²) in [6, 6.07) is 12.6. The largest absolute Gasteiger partial charge is 0.495 e. The Hall–Kier alpha value is -2.05. The quantitative estimate of drug-likeness (QED) is 0.935. The first-order chi connectivity index (χ1) is 9.49. The molecule has 0 saturated heterocycles. The molecule has 6 heteroatoms. The summed E-state index contributed by atoms with van der Waals surface area (Å²) in [4.78, 5) is -0.149. The first kappa shape index (κ1) is 14.4. The van der Waals surface area contributed by atoms with Crippen molar-refractivity contribution in [3.8, 4) is 22.6 Å². The lowest BCUT2D eigenvalue weighted by molar-refractivity contribution is 0.374. The Bertz CT molecular complexity index is 711. The van der Waals surface area contributed by atoms with Crippen LogP contribution < -0.4 is 14.6 Å². The van der Waals surface area contributed by atoms with Gasteiger partial charge in [-0.25, -0.2) is 13.6 Å². The number of nitrogens with two attached hydrogens (primary N) is 1. The van der Waals surface area contributed by atoms with E-state index >= 15 is 0 Å². The number of methoxy groups -OCH3 is 2. The molecule has 2 aromatic carbocycles. The van der Waals surface area contributed by atoms with Gasteiger partial charge in [0.1, 0.15) is 5.75 Å². The number of rotatable bonds is 4. The fourth-order valence-electron chi connectivity index (χ4n) is 2.02. The molecule has 2 rings (SSSR count). The number of ether oxygens (including phenoxy) is 2. The first-order valence-electron chi connectivity index (χ1n) is 5.82. The summed E-state index contributed by atoms with van der Waals surface area (Å²) >= 11 is 0. The standard InChI is InChI=1S/C14H15NO4S/c1-18-12-9-8-11(10-6-4-3-5-7-10)13(19-2)14(12)20(15,16)17/h3-9H,1-2H3,(H2,15,16,17). The summed E-state index contributed by atoms with van der Waals surface area (Å²) in [5, 5.41) is 5.27. The topological polar surface area (TPSA) is 78.6 Å².